The van der Waals surface area contributed by atoms with Crippen molar-refractivity contribution < 1.29 is 14.7 Å². The van der Waals surface area contributed by atoms with Crippen LogP contribution >= 0.6 is 11.8 Å². The lowest BCUT2D eigenvalue weighted by Gasteiger charge is -1.98. The van der Waals surface area contributed by atoms with Crippen LogP contribution in [0.15, 0.2) is 51.9 Å². The zero-order valence-corrected chi connectivity index (χ0v) is 12.0. The number of hydrogen-bond donors (Lipinski definition) is 2. The number of benzene rings is 2. The van der Waals surface area contributed by atoms with Gasteiger partial charge in [0.15, 0.2) is 0 Å². The summed E-state index contributed by atoms with van der Waals surface area (Å²) in [4.78, 5) is 5.43. The fraction of sp³-hybridized carbons (Fsp3) is 0.0667. The molecule has 21 heavy (non-hydrogen) atoms. The highest BCUT2D eigenvalue weighted by Crippen LogP contribution is 2.29. The molecule has 0 amide bonds. The van der Waals surface area contributed by atoms with Crippen molar-refractivity contribution >= 4 is 11.8 Å². The number of aromatic hydroxyl groups is 2. The second kappa shape index (κ2) is 5.49. The Balaban J connectivity index is 1.95. The molecule has 1 aromatic heterocycles. The number of nitrogens with zero attached hydrogens (tertiary/aromatic N) is 2. The Morgan fingerprint density at radius 1 is 0.952 bits per heavy atom. The van der Waals surface area contributed by atoms with Crippen molar-refractivity contribution in [3.63, 3.8) is 0 Å². The number of phenolic OH excluding ortho intramolecular Hbond substituents is 2. The van der Waals surface area contributed by atoms with Crippen LogP contribution in [0.25, 0.3) is 22.8 Å². The molecular weight excluding hydrogens is 288 g/mol. The van der Waals surface area contributed by atoms with Gasteiger partial charge in [-0.15, -0.1) is 11.8 Å². The highest BCUT2D eigenvalue weighted by molar-refractivity contribution is 7.98. The summed E-state index contributed by atoms with van der Waals surface area (Å²) < 4.78 is 5.18. The summed E-state index contributed by atoms with van der Waals surface area (Å²) in [7, 11) is 0. The number of thioether (sulfide) groups is 1. The molecule has 0 saturated carbocycles. The first-order chi connectivity index (χ1) is 10.2. The van der Waals surface area contributed by atoms with Crippen LogP contribution in [0.4, 0.5) is 0 Å². The van der Waals surface area contributed by atoms with Crippen LogP contribution in [0.5, 0.6) is 11.5 Å². The van der Waals surface area contributed by atoms with Gasteiger partial charge in [0.1, 0.15) is 11.5 Å². The topological polar surface area (TPSA) is 79.4 Å². The van der Waals surface area contributed by atoms with E-state index in [9.17, 15) is 10.2 Å². The zero-order valence-electron chi connectivity index (χ0n) is 11.1. The molecule has 0 aliphatic heterocycles. The Kier molecular flexibility index (Phi) is 3.53. The van der Waals surface area contributed by atoms with Crippen LogP contribution in [0, 0.1) is 0 Å². The summed E-state index contributed by atoms with van der Waals surface area (Å²) in [6, 6.07) is 11.9. The molecule has 6 heteroatoms. The van der Waals surface area contributed by atoms with E-state index in [-0.39, 0.29) is 17.4 Å². The highest BCUT2D eigenvalue weighted by Gasteiger charge is 2.12. The van der Waals surface area contributed by atoms with Gasteiger partial charge in [0.2, 0.25) is 5.82 Å². The van der Waals surface area contributed by atoms with Gasteiger partial charge in [0, 0.05) is 22.1 Å². The summed E-state index contributed by atoms with van der Waals surface area (Å²) in [6.07, 6.45) is 2.01. The number of aromatic nitrogens is 2. The average molecular weight is 300 g/mol. The Hall–Kier alpha value is -2.47. The summed E-state index contributed by atoms with van der Waals surface area (Å²) >= 11 is 1.66. The first-order valence-corrected chi connectivity index (χ1v) is 7.40. The molecule has 0 fully saturated rings. The van der Waals surface area contributed by atoms with E-state index in [1.807, 2.05) is 30.5 Å². The minimum absolute atomic E-state index is 0.0610. The summed E-state index contributed by atoms with van der Waals surface area (Å²) in [5, 5.41) is 22.9. The molecule has 106 valence electrons. The number of hydrogen-bond acceptors (Lipinski definition) is 6. The molecule has 5 nitrogen and oxygen atoms in total. The van der Waals surface area contributed by atoms with Crippen molar-refractivity contribution in [2.45, 2.75) is 4.90 Å². The van der Waals surface area contributed by atoms with Gasteiger partial charge in [-0.1, -0.05) is 5.16 Å². The quantitative estimate of drug-likeness (QED) is 0.720. The second-order valence-electron chi connectivity index (χ2n) is 4.39. The van der Waals surface area contributed by atoms with Crippen molar-refractivity contribution in [1.29, 1.82) is 0 Å². The lowest BCUT2D eigenvalue weighted by atomic mass is 10.2. The molecule has 0 bridgehead atoms. The first-order valence-electron chi connectivity index (χ1n) is 6.17. The van der Waals surface area contributed by atoms with E-state index in [0.29, 0.717) is 11.4 Å². The van der Waals surface area contributed by atoms with Crippen LogP contribution in [0.2, 0.25) is 0 Å². The molecule has 0 spiro atoms. The van der Waals surface area contributed by atoms with Gasteiger partial charge >= 0.3 is 0 Å². The zero-order chi connectivity index (χ0) is 14.8. The van der Waals surface area contributed by atoms with Gasteiger partial charge in [-0.3, -0.25) is 0 Å². The maximum Gasteiger partial charge on any atom is 0.258 e. The predicted molar refractivity (Wildman–Crippen MR) is 80.3 cm³/mol. The monoisotopic (exact) mass is 300 g/mol. The molecule has 0 unspecified atom stereocenters. The fourth-order valence-electron chi connectivity index (χ4n) is 1.92. The van der Waals surface area contributed by atoms with Crippen LogP contribution in [-0.4, -0.2) is 26.6 Å². The Morgan fingerprint density at radius 2 is 1.62 bits per heavy atom. The van der Waals surface area contributed by atoms with Gasteiger partial charge in [0.05, 0.1) is 0 Å². The molecule has 0 atom stereocenters. The van der Waals surface area contributed by atoms with Crippen LogP contribution in [0.1, 0.15) is 0 Å². The summed E-state index contributed by atoms with van der Waals surface area (Å²) in [6.45, 7) is 0. The summed E-state index contributed by atoms with van der Waals surface area (Å²) in [5.41, 5.74) is 1.30. The molecule has 2 N–H and O–H groups in total. The number of rotatable bonds is 3. The molecular formula is C15H12N2O3S. The van der Waals surface area contributed by atoms with E-state index >= 15 is 0 Å². The Morgan fingerprint density at radius 3 is 2.24 bits per heavy atom. The van der Waals surface area contributed by atoms with Crippen LogP contribution in [-0.2, 0) is 0 Å². The van der Waals surface area contributed by atoms with Crippen molar-refractivity contribution in [3.8, 4) is 34.3 Å². The van der Waals surface area contributed by atoms with Crippen molar-refractivity contribution in [3.05, 3.63) is 42.5 Å². The van der Waals surface area contributed by atoms with Crippen molar-refractivity contribution in [2.24, 2.45) is 0 Å². The molecule has 0 aliphatic rings. The Labute approximate surface area is 125 Å². The lowest BCUT2D eigenvalue weighted by Crippen LogP contribution is -1.82. The smallest absolute Gasteiger partial charge is 0.258 e. The minimum atomic E-state index is -0.0610. The third-order valence-corrected chi connectivity index (χ3v) is 3.67. The standard InChI is InChI=1S/C15H12N2O3S/c1-21-13-4-2-9(3-5-13)14-16-15(20-17-14)10-6-11(18)8-12(19)7-10/h2-8,18-19H,1H3. The van der Waals surface area contributed by atoms with Gasteiger partial charge in [-0.25, -0.2) is 0 Å². The van der Waals surface area contributed by atoms with Gasteiger partial charge in [-0.2, -0.15) is 4.98 Å². The molecule has 3 rings (SSSR count). The SMILES string of the molecule is CSc1ccc(-c2noc(-c3cc(O)cc(O)c3)n2)cc1. The van der Waals surface area contributed by atoms with Gasteiger partial charge in [-0.05, 0) is 42.7 Å². The normalized spacial score (nSPS) is 10.7. The van der Waals surface area contributed by atoms with Crippen LogP contribution < -0.4 is 0 Å². The molecule has 1 heterocycles. The predicted octanol–water partition coefficient (Wildman–Crippen LogP) is 3.54. The highest BCUT2D eigenvalue weighted by atomic mass is 32.2. The third kappa shape index (κ3) is 2.85. The molecule has 2 aromatic carbocycles. The molecule has 0 saturated heterocycles. The Bertz CT molecular complexity index is 749. The average Bonchev–Trinajstić information content (AvgIpc) is 2.96. The van der Waals surface area contributed by atoms with Crippen molar-refractivity contribution in [1.82, 2.24) is 10.1 Å². The van der Waals surface area contributed by atoms with Gasteiger partial charge < -0.3 is 14.7 Å². The van der Waals surface area contributed by atoms with E-state index in [1.54, 1.807) is 11.8 Å². The van der Waals surface area contributed by atoms with Crippen LogP contribution in [0.3, 0.4) is 0 Å². The van der Waals surface area contributed by atoms with E-state index in [4.69, 9.17) is 4.52 Å². The molecule has 0 aliphatic carbocycles. The molecule has 3 aromatic rings. The number of phenols is 2. The van der Waals surface area contributed by atoms with E-state index < -0.39 is 0 Å². The molecule has 0 radical (unpaired) electrons. The maximum absolute atomic E-state index is 9.48. The van der Waals surface area contributed by atoms with Crippen molar-refractivity contribution in [2.75, 3.05) is 6.26 Å². The fourth-order valence-corrected chi connectivity index (χ4v) is 2.32. The third-order valence-electron chi connectivity index (χ3n) is 2.92. The lowest BCUT2D eigenvalue weighted by molar-refractivity contribution is 0.428. The minimum Gasteiger partial charge on any atom is -0.508 e. The first kappa shape index (κ1) is 13.5. The maximum atomic E-state index is 9.48. The second-order valence-corrected chi connectivity index (χ2v) is 5.27. The van der Waals surface area contributed by atoms with E-state index in [1.165, 1.54) is 18.2 Å². The van der Waals surface area contributed by atoms with Gasteiger partial charge in [0.25, 0.3) is 5.89 Å². The summed E-state index contributed by atoms with van der Waals surface area (Å²) in [5.74, 6) is 0.578. The van der Waals surface area contributed by atoms with E-state index in [0.717, 1.165) is 10.5 Å². The largest absolute Gasteiger partial charge is 0.508 e. The van der Waals surface area contributed by atoms with E-state index in [2.05, 4.69) is 10.1 Å².